The molecule has 1 unspecified atom stereocenters. The van der Waals surface area contributed by atoms with Gasteiger partial charge in [-0.05, 0) is 61.9 Å². The molecule has 4 N–H and O–H groups in total. The number of hydrogen-bond donors (Lipinski definition) is 3. The molecule has 2 amide bonds. The topological polar surface area (TPSA) is 131 Å². The van der Waals surface area contributed by atoms with E-state index in [1.165, 1.54) is 0 Å². The third kappa shape index (κ3) is 6.99. The number of sulfonamides is 1. The number of fused-ring (bicyclic) bond motifs is 2. The summed E-state index contributed by atoms with van der Waals surface area (Å²) in [6, 6.07) is 24.8. The quantitative estimate of drug-likeness (QED) is 0.325. The first-order valence-corrected chi connectivity index (χ1v) is 16.1. The van der Waals surface area contributed by atoms with E-state index >= 15 is 0 Å². The van der Waals surface area contributed by atoms with Gasteiger partial charge in [0.1, 0.15) is 6.04 Å². The van der Waals surface area contributed by atoms with Crippen molar-refractivity contribution in [1.29, 1.82) is 0 Å². The van der Waals surface area contributed by atoms with Gasteiger partial charge in [-0.1, -0.05) is 72.8 Å². The third-order valence-electron chi connectivity index (χ3n) is 8.47. The minimum Gasteiger partial charge on any atom is -0.374 e. The predicted octanol–water partition coefficient (Wildman–Crippen LogP) is 3.41. The standard InChI is InChI=1S/C33H40N4O5S/c1-32(2,34)31(39)35-29(23-42-22-24-11-5-3-6-12-24)30(38)37-19-17-33(18-20-37)21-28(26-15-9-10-16-27(26)33)36-43(40,41)25-13-7-4-8-14-25/h3-16,28-29,36H,17-23,34H2,1-2H3,(H,35,39)/t28-,29?/m1/s1. The summed E-state index contributed by atoms with van der Waals surface area (Å²) in [5.74, 6) is -0.644. The highest BCUT2D eigenvalue weighted by Crippen LogP contribution is 2.51. The summed E-state index contributed by atoms with van der Waals surface area (Å²) in [6.07, 6.45) is 1.96. The summed E-state index contributed by atoms with van der Waals surface area (Å²) in [5, 5.41) is 2.81. The fourth-order valence-corrected chi connectivity index (χ4v) is 7.33. The van der Waals surface area contributed by atoms with Crippen LogP contribution < -0.4 is 15.8 Å². The molecule has 1 aliphatic carbocycles. The van der Waals surface area contributed by atoms with Gasteiger partial charge in [-0.25, -0.2) is 13.1 Å². The van der Waals surface area contributed by atoms with Crippen LogP contribution in [0.5, 0.6) is 0 Å². The van der Waals surface area contributed by atoms with Gasteiger partial charge in [0.15, 0.2) is 0 Å². The third-order valence-corrected chi connectivity index (χ3v) is 9.96. The summed E-state index contributed by atoms with van der Waals surface area (Å²) >= 11 is 0. The van der Waals surface area contributed by atoms with E-state index in [1.807, 2.05) is 48.5 Å². The van der Waals surface area contributed by atoms with Crippen LogP contribution in [-0.4, -0.2) is 56.4 Å². The number of carbonyl (C=O) groups is 2. The zero-order valence-electron chi connectivity index (χ0n) is 24.7. The predicted molar refractivity (Wildman–Crippen MR) is 164 cm³/mol. The maximum atomic E-state index is 13.8. The Morgan fingerprint density at radius 1 is 0.977 bits per heavy atom. The van der Waals surface area contributed by atoms with Gasteiger partial charge < -0.3 is 20.7 Å². The largest absolute Gasteiger partial charge is 0.374 e. The molecule has 0 bridgehead atoms. The first-order chi connectivity index (χ1) is 20.5. The number of amides is 2. The van der Waals surface area contributed by atoms with E-state index in [1.54, 1.807) is 49.1 Å². The number of benzene rings is 3. The Bertz CT molecular complexity index is 1530. The van der Waals surface area contributed by atoms with Crippen molar-refractivity contribution >= 4 is 21.8 Å². The molecule has 9 nitrogen and oxygen atoms in total. The molecule has 0 aromatic heterocycles. The molecule has 10 heteroatoms. The second-order valence-corrected chi connectivity index (χ2v) is 13.8. The van der Waals surface area contributed by atoms with E-state index in [0.717, 1.165) is 16.7 Å². The maximum Gasteiger partial charge on any atom is 0.247 e. The number of carbonyl (C=O) groups excluding carboxylic acids is 2. The number of ether oxygens (including phenoxy) is 1. The monoisotopic (exact) mass is 604 g/mol. The van der Waals surface area contributed by atoms with Gasteiger partial charge >= 0.3 is 0 Å². The molecule has 43 heavy (non-hydrogen) atoms. The average molecular weight is 605 g/mol. The van der Waals surface area contributed by atoms with E-state index in [9.17, 15) is 18.0 Å². The first kappa shape index (κ1) is 30.9. The lowest BCUT2D eigenvalue weighted by atomic mass is 9.73. The molecule has 5 rings (SSSR count). The highest BCUT2D eigenvalue weighted by molar-refractivity contribution is 7.89. The van der Waals surface area contributed by atoms with Gasteiger partial charge in [-0.15, -0.1) is 0 Å². The van der Waals surface area contributed by atoms with Crippen molar-refractivity contribution in [3.05, 3.63) is 102 Å². The highest BCUT2D eigenvalue weighted by Gasteiger charge is 2.47. The molecule has 3 aromatic rings. The van der Waals surface area contributed by atoms with Crippen LogP contribution in [0.3, 0.4) is 0 Å². The fourth-order valence-electron chi connectivity index (χ4n) is 6.09. The smallest absolute Gasteiger partial charge is 0.247 e. The number of rotatable bonds is 10. The van der Waals surface area contributed by atoms with E-state index in [0.29, 0.717) is 39.0 Å². The molecular formula is C33H40N4O5S. The van der Waals surface area contributed by atoms with Gasteiger partial charge in [0.05, 0.1) is 23.6 Å². The van der Waals surface area contributed by atoms with Crippen molar-refractivity contribution in [2.45, 2.75) is 67.6 Å². The van der Waals surface area contributed by atoms with Crippen LogP contribution in [0.25, 0.3) is 0 Å². The molecule has 1 saturated heterocycles. The average Bonchev–Trinajstić information content (AvgIpc) is 3.29. The van der Waals surface area contributed by atoms with E-state index < -0.39 is 27.5 Å². The normalized spacial score (nSPS) is 18.7. The first-order valence-electron chi connectivity index (χ1n) is 14.7. The second kappa shape index (κ2) is 12.6. The number of likely N-dealkylation sites (tertiary alicyclic amines) is 1. The van der Waals surface area contributed by atoms with Crippen molar-refractivity contribution in [2.75, 3.05) is 19.7 Å². The Morgan fingerprint density at radius 2 is 1.58 bits per heavy atom. The second-order valence-electron chi connectivity index (χ2n) is 12.1. The molecule has 0 saturated carbocycles. The highest BCUT2D eigenvalue weighted by atomic mass is 32.2. The Morgan fingerprint density at radius 3 is 2.23 bits per heavy atom. The summed E-state index contributed by atoms with van der Waals surface area (Å²) in [7, 11) is -3.71. The number of nitrogens with zero attached hydrogens (tertiary/aromatic N) is 1. The number of piperidine rings is 1. The van der Waals surface area contributed by atoms with Gasteiger partial charge in [0.2, 0.25) is 21.8 Å². The van der Waals surface area contributed by atoms with Crippen LogP contribution in [0.1, 0.15) is 55.8 Å². The van der Waals surface area contributed by atoms with E-state index in [-0.39, 0.29) is 28.9 Å². The lowest BCUT2D eigenvalue weighted by Gasteiger charge is -2.41. The van der Waals surface area contributed by atoms with Crippen molar-refractivity contribution in [3.8, 4) is 0 Å². The van der Waals surface area contributed by atoms with E-state index in [2.05, 4.69) is 16.1 Å². The Labute approximate surface area is 253 Å². The van der Waals surface area contributed by atoms with Crippen LogP contribution in [0.4, 0.5) is 0 Å². The molecule has 2 aliphatic rings. The zero-order chi connectivity index (χ0) is 30.7. The number of hydrogen-bond acceptors (Lipinski definition) is 6. The summed E-state index contributed by atoms with van der Waals surface area (Å²) in [5.41, 5.74) is 7.67. The molecule has 1 heterocycles. The molecule has 3 aromatic carbocycles. The van der Waals surface area contributed by atoms with Gasteiger partial charge in [0, 0.05) is 24.5 Å². The fraction of sp³-hybridized carbons (Fsp3) is 0.394. The number of nitrogens with one attached hydrogen (secondary N) is 2. The van der Waals surface area contributed by atoms with Crippen molar-refractivity contribution < 1.29 is 22.7 Å². The molecule has 2 atom stereocenters. The number of nitrogens with two attached hydrogens (primary N) is 1. The van der Waals surface area contributed by atoms with Crippen LogP contribution in [0.15, 0.2) is 89.8 Å². The summed E-state index contributed by atoms with van der Waals surface area (Å²) in [4.78, 5) is 28.5. The molecule has 1 aliphatic heterocycles. The summed E-state index contributed by atoms with van der Waals surface area (Å²) < 4.78 is 35.2. The van der Waals surface area contributed by atoms with Gasteiger partial charge in [0.25, 0.3) is 0 Å². The molecule has 1 spiro atoms. The molecule has 228 valence electrons. The zero-order valence-corrected chi connectivity index (χ0v) is 25.5. The van der Waals surface area contributed by atoms with Crippen molar-refractivity contribution in [3.63, 3.8) is 0 Å². The Kier molecular flexibility index (Phi) is 9.03. The molecular weight excluding hydrogens is 564 g/mol. The lowest BCUT2D eigenvalue weighted by Crippen LogP contribution is -2.59. The van der Waals surface area contributed by atoms with Crippen LogP contribution >= 0.6 is 0 Å². The van der Waals surface area contributed by atoms with E-state index in [4.69, 9.17) is 10.5 Å². The molecule has 0 radical (unpaired) electrons. The maximum absolute atomic E-state index is 13.8. The van der Waals surface area contributed by atoms with Crippen molar-refractivity contribution in [1.82, 2.24) is 14.9 Å². The SMILES string of the molecule is CC(C)(N)C(=O)NC(COCc1ccccc1)C(=O)N1CCC2(CC1)C[C@@H](NS(=O)(=O)c1ccccc1)c1ccccc12. The Balaban J connectivity index is 1.28. The van der Waals surface area contributed by atoms with Crippen LogP contribution in [-0.2, 0) is 36.4 Å². The Hall–Kier alpha value is -3.57. The van der Waals surface area contributed by atoms with Crippen LogP contribution in [0.2, 0.25) is 0 Å². The van der Waals surface area contributed by atoms with Crippen LogP contribution in [0, 0.1) is 0 Å². The molecule has 1 fully saturated rings. The van der Waals surface area contributed by atoms with Crippen molar-refractivity contribution in [2.24, 2.45) is 5.73 Å². The minimum atomic E-state index is -3.71. The van der Waals surface area contributed by atoms with Gasteiger partial charge in [-0.2, -0.15) is 0 Å². The minimum absolute atomic E-state index is 0.0172. The summed E-state index contributed by atoms with van der Waals surface area (Å²) in [6.45, 7) is 4.47. The lowest BCUT2D eigenvalue weighted by molar-refractivity contribution is -0.140. The van der Waals surface area contributed by atoms with Gasteiger partial charge in [-0.3, -0.25) is 9.59 Å².